The highest BCUT2D eigenvalue weighted by Crippen LogP contribution is 2.31. The van der Waals surface area contributed by atoms with Crippen LogP contribution in [0, 0.1) is 0 Å². The van der Waals surface area contributed by atoms with E-state index < -0.39 is 5.97 Å². The second-order valence-corrected chi connectivity index (χ2v) is 5.14. The summed E-state index contributed by atoms with van der Waals surface area (Å²) in [6.07, 6.45) is 1.72. The molecule has 0 saturated carbocycles. The summed E-state index contributed by atoms with van der Waals surface area (Å²) >= 11 is 0. The van der Waals surface area contributed by atoms with Gasteiger partial charge in [0, 0.05) is 23.1 Å². The van der Waals surface area contributed by atoms with Crippen molar-refractivity contribution in [3.05, 3.63) is 47.9 Å². The molecule has 0 unspecified atom stereocenters. The predicted molar refractivity (Wildman–Crippen MR) is 78.3 cm³/mol. The van der Waals surface area contributed by atoms with E-state index in [0.717, 1.165) is 10.9 Å². The fourth-order valence-corrected chi connectivity index (χ4v) is 2.32. The number of nitrogens with zero attached hydrogens (tertiary/aromatic N) is 2. The van der Waals surface area contributed by atoms with Crippen LogP contribution in [0.15, 0.2) is 41.1 Å². The number of carboxylic acids is 1. The molecular formula is C16H14N2O3. The minimum absolute atomic E-state index is 0.0422. The van der Waals surface area contributed by atoms with Crippen molar-refractivity contribution >= 4 is 16.9 Å². The Hall–Kier alpha value is -2.69. The second-order valence-electron chi connectivity index (χ2n) is 5.14. The van der Waals surface area contributed by atoms with Crippen LogP contribution in [0.25, 0.3) is 22.2 Å². The second kappa shape index (κ2) is 5.01. The molecule has 0 aliphatic carbocycles. The zero-order valence-corrected chi connectivity index (χ0v) is 11.7. The normalized spacial score (nSPS) is 11.2. The molecule has 0 fully saturated rings. The van der Waals surface area contributed by atoms with Gasteiger partial charge >= 0.3 is 5.97 Å². The lowest BCUT2D eigenvalue weighted by atomic mass is 10.00. The number of aromatic carboxylic acids is 1. The molecule has 3 rings (SSSR count). The first-order valence-electron chi connectivity index (χ1n) is 6.66. The molecule has 0 atom stereocenters. The van der Waals surface area contributed by atoms with Crippen LogP contribution in [0.3, 0.4) is 0 Å². The van der Waals surface area contributed by atoms with E-state index in [2.05, 4.69) is 10.1 Å². The first-order valence-corrected chi connectivity index (χ1v) is 6.66. The van der Waals surface area contributed by atoms with Crippen molar-refractivity contribution in [1.82, 2.24) is 10.1 Å². The molecule has 0 aliphatic heterocycles. The van der Waals surface area contributed by atoms with Gasteiger partial charge in [0.15, 0.2) is 5.76 Å². The van der Waals surface area contributed by atoms with Gasteiger partial charge in [0.05, 0.1) is 5.52 Å². The van der Waals surface area contributed by atoms with Crippen LogP contribution in [0.5, 0.6) is 0 Å². The number of hydrogen-bond donors (Lipinski definition) is 1. The first-order chi connectivity index (χ1) is 10.1. The monoisotopic (exact) mass is 282 g/mol. The summed E-state index contributed by atoms with van der Waals surface area (Å²) in [5.41, 5.74) is 2.06. The molecule has 5 heteroatoms. The zero-order chi connectivity index (χ0) is 15.0. The maximum atomic E-state index is 11.5. The Morgan fingerprint density at radius 2 is 2.10 bits per heavy atom. The highest BCUT2D eigenvalue weighted by molar-refractivity contribution is 5.97. The van der Waals surface area contributed by atoms with Gasteiger partial charge in [-0.3, -0.25) is 4.98 Å². The van der Waals surface area contributed by atoms with Gasteiger partial charge in [-0.25, -0.2) is 4.79 Å². The fourth-order valence-electron chi connectivity index (χ4n) is 2.32. The lowest BCUT2D eigenvalue weighted by Crippen LogP contribution is -2.02. The van der Waals surface area contributed by atoms with Gasteiger partial charge in [-0.2, -0.15) is 0 Å². The average molecular weight is 282 g/mol. The number of fused-ring (bicyclic) bond motifs is 1. The summed E-state index contributed by atoms with van der Waals surface area (Å²) in [6.45, 7) is 3.75. The molecule has 0 saturated heterocycles. The fraction of sp³-hybridized carbons (Fsp3) is 0.188. The van der Waals surface area contributed by atoms with E-state index in [1.807, 2.05) is 44.2 Å². The molecule has 5 nitrogen and oxygen atoms in total. The Kier molecular flexibility index (Phi) is 3.17. The van der Waals surface area contributed by atoms with Crippen molar-refractivity contribution in [1.29, 1.82) is 0 Å². The van der Waals surface area contributed by atoms with Crippen LogP contribution in [0.2, 0.25) is 0 Å². The topological polar surface area (TPSA) is 76.2 Å². The molecule has 0 radical (unpaired) electrons. The number of carbonyl (C=O) groups is 1. The number of aromatic nitrogens is 2. The molecule has 21 heavy (non-hydrogen) atoms. The first kappa shape index (κ1) is 13.3. The molecule has 2 aromatic heterocycles. The summed E-state index contributed by atoms with van der Waals surface area (Å²) in [4.78, 5) is 15.8. The zero-order valence-electron chi connectivity index (χ0n) is 11.7. The van der Waals surface area contributed by atoms with Crippen molar-refractivity contribution in [2.24, 2.45) is 0 Å². The van der Waals surface area contributed by atoms with Crippen LogP contribution in [0.1, 0.15) is 35.9 Å². The molecule has 1 aromatic carbocycles. The Morgan fingerprint density at radius 1 is 1.29 bits per heavy atom. The van der Waals surface area contributed by atoms with E-state index in [1.54, 1.807) is 6.20 Å². The summed E-state index contributed by atoms with van der Waals surface area (Å²) in [5.74, 6) is -0.676. The van der Waals surface area contributed by atoms with Crippen molar-refractivity contribution in [2.75, 3.05) is 0 Å². The van der Waals surface area contributed by atoms with Crippen LogP contribution < -0.4 is 0 Å². The third-order valence-electron chi connectivity index (χ3n) is 3.33. The molecule has 106 valence electrons. The molecule has 2 heterocycles. The largest absolute Gasteiger partial charge is 0.477 e. The van der Waals surface area contributed by atoms with Crippen LogP contribution in [-0.4, -0.2) is 21.2 Å². The van der Waals surface area contributed by atoms with Crippen LogP contribution >= 0.6 is 0 Å². The number of rotatable bonds is 3. The van der Waals surface area contributed by atoms with E-state index in [4.69, 9.17) is 4.52 Å². The van der Waals surface area contributed by atoms with Crippen molar-refractivity contribution in [2.45, 2.75) is 19.8 Å². The maximum absolute atomic E-state index is 11.5. The van der Waals surface area contributed by atoms with E-state index >= 15 is 0 Å². The van der Waals surface area contributed by atoms with Gasteiger partial charge in [-0.05, 0) is 18.2 Å². The smallest absolute Gasteiger partial charge is 0.341 e. The minimum Gasteiger partial charge on any atom is -0.477 e. The van der Waals surface area contributed by atoms with E-state index in [9.17, 15) is 9.90 Å². The quantitative estimate of drug-likeness (QED) is 0.792. The molecule has 0 spiro atoms. The van der Waals surface area contributed by atoms with Gasteiger partial charge in [0.2, 0.25) is 0 Å². The summed E-state index contributed by atoms with van der Waals surface area (Å²) in [5, 5.41) is 14.3. The lowest BCUT2D eigenvalue weighted by Gasteiger charge is -2.03. The molecule has 3 aromatic rings. The van der Waals surface area contributed by atoms with Crippen molar-refractivity contribution in [3.63, 3.8) is 0 Å². The molecule has 1 N–H and O–H groups in total. The van der Waals surface area contributed by atoms with E-state index in [0.29, 0.717) is 17.0 Å². The summed E-state index contributed by atoms with van der Waals surface area (Å²) < 4.78 is 5.24. The van der Waals surface area contributed by atoms with Crippen LogP contribution in [0.4, 0.5) is 0 Å². The SMILES string of the molecule is CC(C)c1onc(-c2ccc3ncccc3c2)c1C(=O)O. The third kappa shape index (κ3) is 2.27. The van der Waals surface area contributed by atoms with Gasteiger partial charge in [0.25, 0.3) is 0 Å². The Balaban J connectivity index is 2.20. The minimum atomic E-state index is -1.03. The molecular weight excluding hydrogens is 268 g/mol. The number of hydrogen-bond acceptors (Lipinski definition) is 4. The summed E-state index contributed by atoms with van der Waals surface area (Å²) in [6, 6.07) is 9.29. The summed E-state index contributed by atoms with van der Waals surface area (Å²) in [7, 11) is 0. The average Bonchev–Trinajstić information content (AvgIpc) is 2.92. The number of carboxylic acid groups (broad SMARTS) is 1. The van der Waals surface area contributed by atoms with E-state index in [-0.39, 0.29) is 11.5 Å². The van der Waals surface area contributed by atoms with Crippen molar-refractivity contribution in [3.8, 4) is 11.3 Å². The van der Waals surface area contributed by atoms with Crippen LogP contribution in [-0.2, 0) is 0 Å². The lowest BCUT2D eigenvalue weighted by molar-refractivity contribution is 0.0694. The molecule has 0 aliphatic rings. The molecule has 0 bridgehead atoms. The number of pyridine rings is 1. The van der Waals surface area contributed by atoms with Gasteiger partial charge in [-0.1, -0.05) is 31.1 Å². The van der Waals surface area contributed by atoms with Gasteiger partial charge in [0.1, 0.15) is 11.3 Å². The molecule has 0 amide bonds. The highest BCUT2D eigenvalue weighted by atomic mass is 16.5. The predicted octanol–water partition coefficient (Wildman–Crippen LogP) is 3.71. The Morgan fingerprint density at radius 3 is 2.81 bits per heavy atom. The Bertz CT molecular complexity index is 821. The highest BCUT2D eigenvalue weighted by Gasteiger charge is 2.25. The Labute approximate surface area is 121 Å². The van der Waals surface area contributed by atoms with Gasteiger partial charge in [-0.15, -0.1) is 0 Å². The standard InChI is InChI=1S/C16H14N2O3/c1-9(2)15-13(16(19)20)14(18-21-15)11-5-6-12-10(8-11)4-3-7-17-12/h3-9H,1-2H3,(H,19,20). The third-order valence-corrected chi connectivity index (χ3v) is 3.33. The van der Waals surface area contributed by atoms with Gasteiger partial charge < -0.3 is 9.63 Å². The van der Waals surface area contributed by atoms with E-state index in [1.165, 1.54) is 0 Å². The van der Waals surface area contributed by atoms with Crippen molar-refractivity contribution < 1.29 is 14.4 Å². The number of benzene rings is 1. The maximum Gasteiger partial charge on any atom is 0.341 e.